The first-order valence-electron chi connectivity index (χ1n) is 7.41. The van der Waals surface area contributed by atoms with E-state index in [4.69, 9.17) is 0 Å². The highest BCUT2D eigenvalue weighted by molar-refractivity contribution is 5.90. The van der Waals surface area contributed by atoms with Crippen molar-refractivity contribution in [3.63, 3.8) is 0 Å². The molecule has 0 saturated carbocycles. The molecule has 1 N–H and O–H groups in total. The lowest BCUT2D eigenvalue weighted by atomic mass is 9.87. The topological polar surface area (TPSA) is 51.1 Å². The maximum Gasteiger partial charge on any atom is 0.226 e. The van der Waals surface area contributed by atoms with Crippen molar-refractivity contribution < 1.29 is 9.59 Å². The number of hydrogen-bond donors (Lipinski definition) is 1. The number of carbonyl (C=O) groups excluding carboxylic acids is 2. The summed E-state index contributed by atoms with van der Waals surface area (Å²) in [5.74, 6) is -0.0611. The Hall–Kier alpha value is -2.36. The van der Waals surface area contributed by atoms with Gasteiger partial charge >= 0.3 is 0 Å². The summed E-state index contributed by atoms with van der Waals surface area (Å²) in [6.07, 6.45) is 2.93. The average molecular weight is 298 g/mol. The van der Waals surface area contributed by atoms with Gasteiger partial charge in [0, 0.05) is 24.8 Å². The van der Waals surface area contributed by atoms with E-state index < -0.39 is 0 Å². The van der Waals surface area contributed by atoms with Crippen LogP contribution < -0.4 is 5.32 Å². The predicted octanol–water partition coefficient (Wildman–Crippen LogP) is 3.63. The van der Waals surface area contributed by atoms with Gasteiger partial charge in [-0.15, -0.1) is 0 Å². The SMILES string of the molecule is CC(C)(C)c1ccc(NC(=O)CCn2cccc2C=O)cc1. The standard InChI is InChI=1S/C18H22N2O2/c1-18(2,3)14-6-8-15(9-7-14)19-17(22)10-12-20-11-4-5-16(20)13-21/h4-9,11,13H,10,12H2,1-3H3,(H,19,22). The molecule has 0 radical (unpaired) electrons. The Balaban J connectivity index is 1.91. The van der Waals surface area contributed by atoms with E-state index in [0.29, 0.717) is 18.7 Å². The van der Waals surface area contributed by atoms with Gasteiger partial charge in [0.05, 0.1) is 5.69 Å². The van der Waals surface area contributed by atoms with Crippen LogP contribution in [0.5, 0.6) is 0 Å². The van der Waals surface area contributed by atoms with Crippen LogP contribution in [0.2, 0.25) is 0 Å². The number of aldehydes is 1. The Bertz CT molecular complexity index is 648. The second kappa shape index (κ2) is 6.60. The van der Waals surface area contributed by atoms with Crippen molar-refractivity contribution in [2.75, 3.05) is 5.32 Å². The van der Waals surface area contributed by atoms with Crippen LogP contribution in [0.15, 0.2) is 42.6 Å². The number of aryl methyl sites for hydroxylation is 1. The largest absolute Gasteiger partial charge is 0.345 e. The highest BCUT2D eigenvalue weighted by Gasteiger charge is 2.13. The second-order valence-corrected chi connectivity index (χ2v) is 6.37. The lowest BCUT2D eigenvalue weighted by Crippen LogP contribution is -2.15. The van der Waals surface area contributed by atoms with Gasteiger partial charge in [0.25, 0.3) is 0 Å². The van der Waals surface area contributed by atoms with E-state index in [-0.39, 0.29) is 11.3 Å². The summed E-state index contributed by atoms with van der Waals surface area (Å²) in [7, 11) is 0. The van der Waals surface area contributed by atoms with E-state index in [2.05, 4.69) is 26.1 Å². The van der Waals surface area contributed by atoms with E-state index in [9.17, 15) is 9.59 Å². The number of rotatable bonds is 5. The van der Waals surface area contributed by atoms with Gasteiger partial charge in [0.15, 0.2) is 6.29 Å². The van der Waals surface area contributed by atoms with Gasteiger partial charge in [0.1, 0.15) is 0 Å². The van der Waals surface area contributed by atoms with Crippen molar-refractivity contribution in [2.45, 2.75) is 39.2 Å². The van der Waals surface area contributed by atoms with Gasteiger partial charge in [-0.2, -0.15) is 0 Å². The number of amides is 1. The lowest BCUT2D eigenvalue weighted by molar-refractivity contribution is -0.116. The Morgan fingerprint density at radius 1 is 1.18 bits per heavy atom. The normalized spacial score (nSPS) is 11.2. The van der Waals surface area contributed by atoms with E-state index in [0.717, 1.165) is 12.0 Å². The third kappa shape index (κ3) is 4.07. The minimum absolute atomic E-state index is 0.0611. The zero-order chi connectivity index (χ0) is 16.2. The summed E-state index contributed by atoms with van der Waals surface area (Å²) in [5, 5.41) is 2.88. The molecule has 22 heavy (non-hydrogen) atoms. The molecular formula is C18H22N2O2. The Morgan fingerprint density at radius 3 is 2.45 bits per heavy atom. The molecule has 1 amide bonds. The lowest BCUT2D eigenvalue weighted by Gasteiger charge is -2.19. The summed E-state index contributed by atoms with van der Waals surface area (Å²) in [4.78, 5) is 22.8. The predicted molar refractivity (Wildman–Crippen MR) is 88.2 cm³/mol. The van der Waals surface area contributed by atoms with Gasteiger partial charge in [-0.1, -0.05) is 32.9 Å². The molecule has 0 aliphatic rings. The van der Waals surface area contributed by atoms with E-state index >= 15 is 0 Å². The number of anilines is 1. The fourth-order valence-electron chi connectivity index (χ4n) is 2.24. The van der Waals surface area contributed by atoms with Gasteiger partial charge in [0.2, 0.25) is 5.91 Å². The molecule has 0 bridgehead atoms. The average Bonchev–Trinajstić information content (AvgIpc) is 2.92. The fraction of sp³-hybridized carbons (Fsp3) is 0.333. The fourth-order valence-corrected chi connectivity index (χ4v) is 2.24. The van der Waals surface area contributed by atoms with Crippen molar-refractivity contribution in [2.24, 2.45) is 0 Å². The van der Waals surface area contributed by atoms with E-state index in [1.165, 1.54) is 5.56 Å². The number of hydrogen-bond acceptors (Lipinski definition) is 2. The highest BCUT2D eigenvalue weighted by atomic mass is 16.1. The summed E-state index contributed by atoms with van der Waals surface area (Å²) in [6, 6.07) is 11.4. The Labute approximate surface area is 131 Å². The summed E-state index contributed by atoms with van der Waals surface area (Å²) in [5.41, 5.74) is 2.71. The van der Waals surface area contributed by atoms with Crippen molar-refractivity contribution in [3.8, 4) is 0 Å². The quantitative estimate of drug-likeness (QED) is 0.857. The molecule has 4 heteroatoms. The summed E-state index contributed by atoms with van der Waals surface area (Å²) < 4.78 is 1.77. The minimum Gasteiger partial charge on any atom is -0.345 e. The monoisotopic (exact) mass is 298 g/mol. The molecule has 0 aliphatic heterocycles. The first-order valence-corrected chi connectivity index (χ1v) is 7.41. The molecule has 2 rings (SSSR count). The molecule has 0 fully saturated rings. The molecule has 0 unspecified atom stereocenters. The zero-order valence-corrected chi connectivity index (χ0v) is 13.3. The van der Waals surface area contributed by atoms with Crippen LogP contribution in [0.3, 0.4) is 0 Å². The number of carbonyl (C=O) groups is 2. The van der Waals surface area contributed by atoms with E-state index in [1.807, 2.05) is 24.3 Å². The first kappa shape index (κ1) is 16.0. The van der Waals surface area contributed by atoms with Crippen molar-refractivity contribution in [3.05, 3.63) is 53.9 Å². The molecular weight excluding hydrogens is 276 g/mol. The van der Waals surface area contributed by atoms with Crippen LogP contribution >= 0.6 is 0 Å². The molecule has 1 heterocycles. The van der Waals surface area contributed by atoms with Crippen LogP contribution in [0.4, 0.5) is 5.69 Å². The van der Waals surface area contributed by atoms with Crippen LogP contribution in [0.25, 0.3) is 0 Å². The van der Waals surface area contributed by atoms with Crippen molar-refractivity contribution in [1.29, 1.82) is 0 Å². The maximum absolute atomic E-state index is 12.0. The number of aromatic nitrogens is 1. The Morgan fingerprint density at radius 2 is 1.86 bits per heavy atom. The number of nitrogens with one attached hydrogen (secondary N) is 1. The third-order valence-corrected chi connectivity index (χ3v) is 3.60. The number of benzene rings is 1. The molecule has 0 spiro atoms. The molecule has 1 aromatic heterocycles. The number of nitrogens with zero attached hydrogens (tertiary/aromatic N) is 1. The zero-order valence-electron chi connectivity index (χ0n) is 13.3. The van der Waals surface area contributed by atoms with Gasteiger partial charge in [-0.3, -0.25) is 9.59 Å². The van der Waals surface area contributed by atoms with Gasteiger partial charge in [-0.25, -0.2) is 0 Å². The highest BCUT2D eigenvalue weighted by Crippen LogP contribution is 2.23. The van der Waals surface area contributed by atoms with Crippen molar-refractivity contribution >= 4 is 17.9 Å². The molecule has 116 valence electrons. The van der Waals surface area contributed by atoms with Gasteiger partial charge < -0.3 is 9.88 Å². The summed E-state index contributed by atoms with van der Waals surface area (Å²) >= 11 is 0. The first-order chi connectivity index (χ1) is 10.4. The second-order valence-electron chi connectivity index (χ2n) is 6.37. The van der Waals surface area contributed by atoms with Crippen LogP contribution in [-0.2, 0) is 16.8 Å². The molecule has 0 aliphatic carbocycles. The van der Waals surface area contributed by atoms with E-state index in [1.54, 1.807) is 22.9 Å². The molecule has 1 aromatic carbocycles. The van der Waals surface area contributed by atoms with Crippen LogP contribution in [-0.4, -0.2) is 16.8 Å². The van der Waals surface area contributed by atoms with Crippen LogP contribution in [0.1, 0.15) is 43.2 Å². The minimum atomic E-state index is -0.0611. The van der Waals surface area contributed by atoms with Gasteiger partial charge in [-0.05, 0) is 35.2 Å². The smallest absolute Gasteiger partial charge is 0.226 e. The molecule has 4 nitrogen and oxygen atoms in total. The molecule has 0 saturated heterocycles. The molecule has 2 aromatic rings. The maximum atomic E-state index is 12.0. The summed E-state index contributed by atoms with van der Waals surface area (Å²) in [6.45, 7) is 6.96. The molecule has 0 atom stereocenters. The Kier molecular flexibility index (Phi) is 4.81. The van der Waals surface area contributed by atoms with Crippen molar-refractivity contribution in [1.82, 2.24) is 4.57 Å². The van der Waals surface area contributed by atoms with Crippen LogP contribution in [0, 0.1) is 0 Å². The third-order valence-electron chi connectivity index (χ3n) is 3.60.